The molecule has 3 rings (SSSR count). The third-order valence-corrected chi connectivity index (χ3v) is 3.53. The molecule has 3 aromatic rings. The molecule has 1 heterocycles. The van der Waals surface area contributed by atoms with Crippen LogP contribution in [0.25, 0.3) is 11.0 Å². The molecule has 0 unspecified atom stereocenters. The number of imidazole rings is 1. The minimum absolute atomic E-state index is 0.493. The van der Waals surface area contributed by atoms with Crippen LogP contribution in [-0.4, -0.2) is 9.55 Å². The Balaban J connectivity index is 2.05. The zero-order valence-corrected chi connectivity index (χ0v) is 11.8. The zero-order chi connectivity index (χ0) is 14.8. The lowest BCUT2D eigenvalue weighted by atomic mass is 10.2. The maximum atomic E-state index is 13.4. The van der Waals surface area contributed by atoms with E-state index in [2.05, 4.69) is 16.5 Å². The van der Waals surface area contributed by atoms with E-state index in [0.29, 0.717) is 6.54 Å². The van der Waals surface area contributed by atoms with E-state index in [4.69, 9.17) is 0 Å². The summed E-state index contributed by atoms with van der Waals surface area (Å²) >= 11 is 0. The van der Waals surface area contributed by atoms with Crippen LogP contribution >= 0.6 is 0 Å². The molecule has 0 aliphatic rings. The summed E-state index contributed by atoms with van der Waals surface area (Å²) in [5.74, 6) is -0.652. The molecule has 0 saturated heterocycles. The van der Waals surface area contributed by atoms with E-state index in [-0.39, 0.29) is 0 Å². The van der Waals surface area contributed by atoms with Crippen LogP contribution in [0.2, 0.25) is 0 Å². The number of benzene rings is 2. The number of hydrogen-bond donors (Lipinski definition) is 0. The summed E-state index contributed by atoms with van der Waals surface area (Å²) in [5, 5.41) is 0. The van der Waals surface area contributed by atoms with Gasteiger partial charge in [0.15, 0.2) is 11.6 Å². The molecule has 0 atom stereocenters. The molecular formula is C17H16F2N2. The Morgan fingerprint density at radius 3 is 2.62 bits per heavy atom. The zero-order valence-electron chi connectivity index (χ0n) is 11.8. The molecule has 0 saturated carbocycles. The molecule has 0 radical (unpaired) electrons. The first kappa shape index (κ1) is 13.7. The normalized spacial score (nSPS) is 11.2. The van der Waals surface area contributed by atoms with Gasteiger partial charge in [-0.05, 0) is 36.2 Å². The quantitative estimate of drug-likeness (QED) is 0.698. The molecule has 2 aromatic carbocycles. The Labute approximate surface area is 122 Å². The molecular weight excluding hydrogens is 270 g/mol. The van der Waals surface area contributed by atoms with Crippen molar-refractivity contribution >= 4 is 11.0 Å². The van der Waals surface area contributed by atoms with Crippen molar-refractivity contribution < 1.29 is 8.78 Å². The summed E-state index contributed by atoms with van der Waals surface area (Å²) in [6, 6.07) is 11.9. The van der Waals surface area contributed by atoms with Crippen molar-refractivity contribution in [1.29, 1.82) is 0 Å². The van der Waals surface area contributed by atoms with Crippen LogP contribution in [-0.2, 0) is 13.0 Å². The van der Waals surface area contributed by atoms with Gasteiger partial charge in [0.1, 0.15) is 5.82 Å². The number of nitrogens with zero attached hydrogens (tertiary/aromatic N) is 2. The summed E-state index contributed by atoms with van der Waals surface area (Å²) in [6.45, 7) is 2.59. The van der Waals surface area contributed by atoms with Gasteiger partial charge in [0.25, 0.3) is 0 Å². The summed E-state index contributed by atoms with van der Waals surface area (Å²) in [7, 11) is 0. The molecule has 2 nitrogen and oxygen atoms in total. The predicted octanol–water partition coefficient (Wildman–Crippen LogP) is 4.32. The maximum absolute atomic E-state index is 13.4. The first-order chi connectivity index (χ1) is 10.2. The second-order valence-electron chi connectivity index (χ2n) is 5.10. The van der Waals surface area contributed by atoms with Gasteiger partial charge in [0, 0.05) is 13.0 Å². The Hall–Kier alpha value is -2.23. The van der Waals surface area contributed by atoms with Crippen LogP contribution in [0.5, 0.6) is 0 Å². The standard InChI is InChI=1S/C17H16F2N2/c1-2-5-17-20-15-6-3-4-7-16(15)21(17)11-12-8-9-13(18)14(19)10-12/h3-4,6-10H,2,5,11H2,1H3. The summed E-state index contributed by atoms with van der Waals surface area (Å²) in [4.78, 5) is 4.63. The van der Waals surface area contributed by atoms with E-state index in [1.54, 1.807) is 6.07 Å². The highest BCUT2D eigenvalue weighted by Crippen LogP contribution is 2.19. The number of aryl methyl sites for hydroxylation is 1. The predicted molar refractivity (Wildman–Crippen MR) is 79.2 cm³/mol. The highest BCUT2D eigenvalue weighted by Gasteiger charge is 2.11. The van der Waals surface area contributed by atoms with Gasteiger partial charge in [0.2, 0.25) is 0 Å². The van der Waals surface area contributed by atoms with E-state index >= 15 is 0 Å². The summed E-state index contributed by atoms with van der Waals surface area (Å²) < 4.78 is 28.5. The number of fused-ring (bicyclic) bond motifs is 1. The van der Waals surface area contributed by atoms with Crippen molar-refractivity contribution in [2.45, 2.75) is 26.3 Å². The van der Waals surface area contributed by atoms with Crippen molar-refractivity contribution in [2.24, 2.45) is 0 Å². The van der Waals surface area contributed by atoms with Crippen molar-refractivity contribution in [3.8, 4) is 0 Å². The highest BCUT2D eigenvalue weighted by molar-refractivity contribution is 5.76. The number of para-hydroxylation sites is 2. The topological polar surface area (TPSA) is 17.8 Å². The summed E-state index contributed by atoms with van der Waals surface area (Å²) in [5.41, 5.74) is 2.68. The van der Waals surface area contributed by atoms with Crippen molar-refractivity contribution in [1.82, 2.24) is 9.55 Å². The second-order valence-corrected chi connectivity index (χ2v) is 5.10. The number of halogens is 2. The Morgan fingerprint density at radius 1 is 1.05 bits per heavy atom. The van der Waals surface area contributed by atoms with Crippen molar-refractivity contribution in [3.63, 3.8) is 0 Å². The molecule has 0 aliphatic heterocycles. The Bertz CT molecular complexity index is 778. The smallest absolute Gasteiger partial charge is 0.159 e. The lowest BCUT2D eigenvalue weighted by Gasteiger charge is -2.09. The van der Waals surface area contributed by atoms with Gasteiger partial charge in [-0.25, -0.2) is 13.8 Å². The van der Waals surface area contributed by atoms with E-state index in [0.717, 1.165) is 35.3 Å². The molecule has 0 fully saturated rings. The average Bonchev–Trinajstić information content (AvgIpc) is 2.81. The molecule has 108 valence electrons. The fourth-order valence-electron chi connectivity index (χ4n) is 2.54. The first-order valence-corrected chi connectivity index (χ1v) is 7.07. The van der Waals surface area contributed by atoms with Gasteiger partial charge in [-0.1, -0.05) is 25.1 Å². The molecule has 0 bridgehead atoms. The molecule has 0 amide bonds. The number of rotatable bonds is 4. The Kier molecular flexibility index (Phi) is 3.69. The number of hydrogen-bond acceptors (Lipinski definition) is 1. The van der Waals surface area contributed by atoms with Gasteiger partial charge in [-0.15, -0.1) is 0 Å². The van der Waals surface area contributed by atoms with Crippen LogP contribution in [0.1, 0.15) is 24.7 Å². The third-order valence-electron chi connectivity index (χ3n) is 3.53. The number of aromatic nitrogens is 2. The van der Waals surface area contributed by atoms with Crippen LogP contribution in [0, 0.1) is 11.6 Å². The van der Waals surface area contributed by atoms with E-state index in [9.17, 15) is 8.78 Å². The van der Waals surface area contributed by atoms with Gasteiger partial charge in [-0.3, -0.25) is 0 Å². The lowest BCUT2D eigenvalue weighted by molar-refractivity contribution is 0.506. The van der Waals surface area contributed by atoms with E-state index in [1.165, 1.54) is 12.1 Å². The fourth-order valence-corrected chi connectivity index (χ4v) is 2.54. The molecule has 0 aliphatic carbocycles. The average molecular weight is 286 g/mol. The molecule has 1 aromatic heterocycles. The van der Waals surface area contributed by atoms with Crippen molar-refractivity contribution in [2.75, 3.05) is 0 Å². The molecule has 0 N–H and O–H groups in total. The minimum Gasteiger partial charge on any atom is -0.323 e. The first-order valence-electron chi connectivity index (χ1n) is 7.07. The molecule has 0 spiro atoms. The van der Waals surface area contributed by atoms with Crippen LogP contribution in [0.4, 0.5) is 8.78 Å². The van der Waals surface area contributed by atoms with Gasteiger partial charge < -0.3 is 4.57 Å². The lowest BCUT2D eigenvalue weighted by Crippen LogP contribution is -2.05. The van der Waals surface area contributed by atoms with Gasteiger partial charge >= 0.3 is 0 Å². The summed E-state index contributed by atoms with van der Waals surface area (Å²) in [6.07, 6.45) is 1.85. The van der Waals surface area contributed by atoms with Gasteiger partial charge in [-0.2, -0.15) is 0 Å². The van der Waals surface area contributed by atoms with Crippen molar-refractivity contribution in [3.05, 3.63) is 65.5 Å². The van der Waals surface area contributed by atoms with E-state index < -0.39 is 11.6 Å². The maximum Gasteiger partial charge on any atom is 0.159 e. The highest BCUT2D eigenvalue weighted by atomic mass is 19.2. The fraction of sp³-hybridized carbons (Fsp3) is 0.235. The monoisotopic (exact) mass is 286 g/mol. The molecule has 21 heavy (non-hydrogen) atoms. The third kappa shape index (κ3) is 2.66. The minimum atomic E-state index is -0.817. The second kappa shape index (κ2) is 5.64. The van der Waals surface area contributed by atoms with Crippen LogP contribution < -0.4 is 0 Å². The van der Waals surface area contributed by atoms with Crippen LogP contribution in [0.3, 0.4) is 0 Å². The Morgan fingerprint density at radius 2 is 1.86 bits per heavy atom. The van der Waals surface area contributed by atoms with Crippen LogP contribution in [0.15, 0.2) is 42.5 Å². The van der Waals surface area contributed by atoms with E-state index in [1.807, 2.05) is 24.3 Å². The largest absolute Gasteiger partial charge is 0.323 e. The molecule has 4 heteroatoms. The van der Waals surface area contributed by atoms with Gasteiger partial charge in [0.05, 0.1) is 11.0 Å². The SMILES string of the molecule is CCCc1nc2ccccc2n1Cc1ccc(F)c(F)c1.